The van der Waals surface area contributed by atoms with E-state index in [1.807, 2.05) is 12.1 Å². The van der Waals surface area contributed by atoms with Crippen molar-refractivity contribution >= 4 is 32.3 Å². The van der Waals surface area contributed by atoms with E-state index in [-0.39, 0.29) is 6.09 Å². The predicted octanol–water partition coefficient (Wildman–Crippen LogP) is 3.20. The summed E-state index contributed by atoms with van der Waals surface area (Å²) in [6, 6.07) is 4.13. The van der Waals surface area contributed by atoms with E-state index < -0.39 is 0 Å². The summed E-state index contributed by atoms with van der Waals surface area (Å²) in [5.74, 6) is 1.33. The number of aromatic nitrogens is 1. The molecule has 2 heterocycles. The quantitative estimate of drug-likeness (QED) is 0.713. The zero-order valence-corrected chi connectivity index (χ0v) is 14.0. The lowest BCUT2D eigenvalue weighted by atomic mass is 10.1. The maximum atomic E-state index is 11.4. The first-order chi connectivity index (χ1) is 10.2. The van der Waals surface area contributed by atoms with E-state index in [0.29, 0.717) is 25.6 Å². The Morgan fingerprint density at radius 1 is 1.57 bits per heavy atom. The molecule has 1 aliphatic heterocycles. The molecule has 6 heteroatoms. The highest BCUT2D eigenvalue weighted by molar-refractivity contribution is 14.1. The van der Waals surface area contributed by atoms with Crippen LogP contribution in [-0.4, -0.2) is 42.8 Å². The highest BCUT2D eigenvalue weighted by atomic mass is 127. The molecule has 2 aliphatic rings. The number of hydrogen-bond donors (Lipinski definition) is 0. The van der Waals surface area contributed by atoms with Gasteiger partial charge in [0, 0.05) is 15.7 Å². The Balaban J connectivity index is 1.74. The molecule has 1 aliphatic carbocycles. The minimum Gasteiger partial charge on any atom is -0.481 e. The van der Waals surface area contributed by atoms with Gasteiger partial charge >= 0.3 is 6.09 Å². The Labute approximate surface area is 137 Å². The Morgan fingerprint density at radius 3 is 3.00 bits per heavy atom. The zero-order valence-electron chi connectivity index (χ0n) is 11.8. The normalized spacial score (nSPS) is 18.9. The van der Waals surface area contributed by atoms with Crippen LogP contribution < -0.4 is 4.74 Å². The average Bonchev–Trinajstić information content (AvgIpc) is 3.27. The number of hydrogen-bond acceptors (Lipinski definition) is 4. The van der Waals surface area contributed by atoms with Crippen LogP contribution in [0.25, 0.3) is 3.58 Å². The van der Waals surface area contributed by atoms with Gasteiger partial charge in [-0.2, -0.15) is 0 Å². The number of nitrogens with zero attached hydrogens (tertiary/aromatic N) is 2. The second-order valence-corrected chi connectivity index (χ2v) is 6.34. The largest absolute Gasteiger partial charge is 0.481 e. The molecule has 0 aromatic carbocycles. The van der Waals surface area contributed by atoms with E-state index in [4.69, 9.17) is 9.47 Å². The van der Waals surface area contributed by atoms with Gasteiger partial charge in [-0.05, 0) is 53.5 Å². The summed E-state index contributed by atoms with van der Waals surface area (Å²) in [6.07, 6.45) is 4.19. The molecule has 1 aromatic rings. The molecule has 0 unspecified atom stereocenters. The molecule has 3 rings (SSSR count). The van der Waals surface area contributed by atoms with E-state index in [2.05, 4.69) is 33.6 Å². The maximum absolute atomic E-state index is 11.4. The Bertz CT molecular complexity index is 584. The molecule has 5 nitrogen and oxygen atoms in total. The Kier molecular flexibility index (Phi) is 4.32. The van der Waals surface area contributed by atoms with E-state index in [9.17, 15) is 4.79 Å². The van der Waals surface area contributed by atoms with E-state index >= 15 is 0 Å². The number of amides is 1. The smallest absolute Gasteiger partial charge is 0.410 e. The van der Waals surface area contributed by atoms with Gasteiger partial charge in [0.15, 0.2) is 0 Å². The third kappa shape index (κ3) is 3.30. The summed E-state index contributed by atoms with van der Waals surface area (Å²) in [5.41, 5.74) is 2.08. The van der Waals surface area contributed by atoms with Crippen molar-refractivity contribution in [3.05, 3.63) is 29.5 Å². The molecule has 0 atom stereocenters. The second-order valence-electron chi connectivity index (χ2n) is 5.18. The van der Waals surface area contributed by atoms with Gasteiger partial charge in [0.05, 0.1) is 19.3 Å². The van der Waals surface area contributed by atoms with Gasteiger partial charge in [0.25, 0.3) is 0 Å². The molecule has 1 saturated carbocycles. The summed E-state index contributed by atoms with van der Waals surface area (Å²) in [5, 5.41) is 0. The van der Waals surface area contributed by atoms with Crippen LogP contribution in [0.5, 0.6) is 5.88 Å². The van der Waals surface area contributed by atoms with E-state index in [1.54, 1.807) is 12.0 Å². The van der Waals surface area contributed by atoms with Gasteiger partial charge in [0.2, 0.25) is 5.88 Å². The molecule has 21 heavy (non-hydrogen) atoms. The van der Waals surface area contributed by atoms with Crippen molar-refractivity contribution in [2.24, 2.45) is 0 Å². The fraction of sp³-hybridized carbons (Fsp3) is 0.467. The van der Waals surface area contributed by atoms with Crippen LogP contribution in [-0.2, 0) is 4.74 Å². The molecule has 1 amide bonds. The minimum atomic E-state index is -0.245. The molecule has 0 N–H and O–H groups in total. The monoisotopic (exact) mass is 400 g/mol. The van der Waals surface area contributed by atoms with Crippen LogP contribution in [0.3, 0.4) is 0 Å². The second kappa shape index (κ2) is 6.21. The standard InChI is InChI=1S/C15H17IN2O3/c1-20-14-11(10-2-3-10)4-5-13(17-14)12(16)6-7-18-8-9-21-15(18)19/h4-6,10H,2-3,7-9H2,1H3/b12-6-. The number of rotatable bonds is 5. The van der Waals surface area contributed by atoms with Crippen molar-refractivity contribution in [2.45, 2.75) is 18.8 Å². The van der Waals surface area contributed by atoms with Crippen LogP contribution in [0.4, 0.5) is 4.79 Å². The summed E-state index contributed by atoms with van der Waals surface area (Å²) in [6.45, 7) is 1.67. The Morgan fingerprint density at radius 2 is 2.38 bits per heavy atom. The zero-order chi connectivity index (χ0) is 14.8. The Hall–Kier alpha value is -1.31. The number of pyridine rings is 1. The van der Waals surface area contributed by atoms with Crippen molar-refractivity contribution in [1.82, 2.24) is 9.88 Å². The molecular weight excluding hydrogens is 383 g/mol. The average molecular weight is 400 g/mol. The van der Waals surface area contributed by atoms with Crippen molar-refractivity contribution in [3.8, 4) is 5.88 Å². The summed E-state index contributed by atoms with van der Waals surface area (Å²) in [4.78, 5) is 17.6. The third-order valence-electron chi connectivity index (χ3n) is 3.68. The van der Waals surface area contributed by atoms with Gasteiger partial charge in [-0.3, -0.25) is 0 Å². The predicted molar refractivity (Wildman–Crippen MR) is 87.7 cm³/mol. The number of halogens is 1. The van der Waals surface area contributed by atoms with Crippen molar-refractivity contribution in [1.29, 1.82) is 0 Å². The fourth-order valence-corrected chi connectivity index (χ4v) is 2.84. The maximum Gasteiger partial charge on any atom is 0.410 e. The minimum absolute atomic E-state index is 0.245. The number of cyclic esters (lactones) is 1. The first-order valence-electron chi connectivity index (χ1n) is 7.01. The van der Waals surface area contributed by atoms with E-state index in [0.717, 1.165) is 15.2 Å². The fourth-order valence-electron chi connectivity index (χ4n) is 2.34. The number of carbonyl (C=O) groups is 1. The van der Waals surface area contributed by atoms with Gasteiger partial charge in [-0.15, -0.1) is 0 Å². The number of carbonyl (C=O) groups excluding carboxylic acids is 1. The van der Waals surface area contributed by atoms with Crippen molar-refractivity contribution in [3.63, 3.8) is 0 Å². The summed E-state index contributed by atoms with van der Waals surface area (Å²) >= 11 is 2.24. The van der Waals surface area contributed by atoms with Crippen LogP contribution >= 0.6 is 22.6 Å². The molecule has 1 saturated heterocycles. The van der Waals surface area contributed by atoms with E-state index in [1.165, 1.54) is 18.4 Å². The lowest BCUT2D eigenvalue weighted by Gasteiger charge is -2.11. The lowest BCUT2D eigenvalue weighted by molar-refractivity contribution is 0.161. The molecule has 112 valence electrons. The van der Waals surface area contributed by atoms with Gasteiger partial charge in [-0.1, -0.05) is 6.07 Å². The lowest BCUT2D eigenvalue weighted by Crippen LogP contribution is -2.24. The van der Waals surface area contributed by atoms with Crippen LogP contribution in [0.15, 0.2) is 18.2 Å². The highest BCUT2D eigenvalue weighted by Gasteiger charge is 2.27. The molecule has 0 spiro atoms. The highest BCUT2D eigenvalue weighted by Crippen LogP contribution is 2.44. The van der Waals surface area contributed by atoms with Gasteiger partial charge in [-0.25, -0.2) is 9.78 Å². The van der Waals surface area contributed by atoms with Gasteiger partial charge < -0.3 is 14.4 Å². The van der Waals surface area contributed by atoms with Crippen LogP contribution in [0.1, 0.15) is 30.0 Å². The van der Waals surface area contributed by atoms with Gasteiger partial charge in [0.1, 0.15) is 6.61 Å². The van der Waals surface area contributed by atoms with Crippen LogP contribution in [0.2, 0.25) is 0 Å². The SMILES string of the molecule is COc1nc(/C(I)=C/CN2CCOC2=O)ccc1C1CC1. The first kappa shape index (κ1) is 14.6. The topological polar surface area (TPSA) is 51.7 Å². The number of ether oxygens (including phenoxy) is 2. The molecule has 1 aromatic heterocycles. The summed E-state index contributed by atoms with van der Waals surface area (Å²) < 4.78 is 11.3. The third-order valence-corrected chi connectivity index (χ3v) is 4.67. The molecular formula is C15H17IN2O3. The summed E-state index contributed by atoms with van der Waals surface area (Å²) in [7, 11) is 1.66. The first-order valence-corrected chi connectivity index (χ1v) is 8.09. The van der Waals surface area contributed by atoms with Crippen LogP contribution in [0, 0.1) is 0 Å². The number of methoxy groups -OCH3 is 1. The van der Waals surface area contributed by atoms with Crippen molar-refractivity contribution < 1.29 is 14.3 Å². The molecule has 0 radical (unpaired) electrons. The molecule has 0 bridgehead atoms. The molecule has 2 fully saturated rings. The van der Waals surface area contributed by atoms with Crippen molar-refractivity contribution in [2.75, 3.05) is 26.8 Å².